The molecule has 0 radical (unpaired) electrons. The largest absolute Gasteiger partial charge is 0.392 e. The van der Waals surface area contributed by atoms with Gasteiger partial charge in [-0.25, -0.2) is 0 Å². The van der Waals surface area contributed by atoms with Crippen molar-refractivity contribution >= 4 is 0 Å². The Balaban J connectivity index is 1.60. The first-order valence-corrected chi connectivity index (χ1v) is 6.12. The lowest BCUT2D eigenvalue weighted by atomic mass is 9.92. The third-order valence-electron chi connectivity index (χ3n) is 3.17. The summed E-state index contributed by atoms with van der Waals surface area (Å²) < 4.78 is 1.83. The fourth-order valence-electron chi connectivity index (χ4n) is 2.23. The minimum Gasteiger partial charge on any atom is -0.392 e. The van der Waals surface area contributed by atoms with Gasteiger partial charge >= 0.3 is 0 Å². The third kappa shape index (κ3) is 3.28. The summed E-state index contributed by atoms with van der Waals surface area (Å²) in [6, 6.07) is 0.296. The molecule has 5 nitrogen and oxygen atoms in total. The van der Waals surface area contributed by atoms with Crippen molar-refractivity contribution in [3.8, 4) is 0 Å². The topological polar surface area (TPSA) is 63.0 Å². The molecule has 0 saturated heterocycles. The number of aliphatic hydroxyl groups is 1. The molecule has 2 unspecified atom stereocenters. The maximum atomic E-state index is 9.76. The van der Waals surface area contributed by atoms with E-state index in [0.29, 0.717) is 6.04 Å². The highest BCUT2D eigenvalue weighted by Crippen LogP contribution is 2.18. The van der Waals surface area contributed by atoms with Crippen LogP contribution in [-0.2, 0) is 6.54 Å². The summed E-state index contributed by atoms with van der Waals surface area (Å²) in [7, 11) is 0. The third-order valence-corrected chi connectivity index (χ3v) is 3.17. The van der Waals surface area contributed by atoms with E-state index in [2.05, 4.69) is 15.6 Å². The number of hydrogen-bond donors (Lipinski definition) is 2. The van der Waals surface area contributed by atoms with Crippen LogP contribution in [0.2, 0.25) is 0 Å². The number of hydrogen-bond acceptors (Lipinski definition) is 4. The average molecular weight is 224 g/mol. The van der Waals surface area contributed by atoms with Crippen molar-refractivity contribution < 1.29 is 5.11 Å². The van der Waals surface area contributed by atoms with Crippen LogP contribution in [0.25, 0.3) is 0 Å². The predicted molar refractivity (Wildman–Crippen MR) is 60.9 cm³/mol. The number of aromatic nitrogens is 3. The van der Waals surface area contributed by atoms with Gasteiger partial charge < -0.3 is 10.4 Å². The molecule has 1 aliphatic rings. The fourth-order valence-corrected chi connectivity index (χ4v) is 2.23. The first kappa shape index (κ1) is 11.5. The fraction of sp³-hybridized carbons (Fsp3) is 0.818. The van der Waals surface area contributed by atoms with E-state index in [0.717, 1.165) is 38.8 Å². The molecule has 1 aromatic heterocycles. The zero-order valence-corrected chi connectivity index (χ0v) is 9.55. The molecule has 16 heavy (non-hydrogen) atoms. The normalized spacial score (nSPS) is 25.8. The van der Waals surface area contributed by atoms with E-state index >= 15 is 0 Å². The van der Waals surface area contributed by atoms with Gasteiger partial charge in [0.1, 0.15) is 0 Å². The molecule has 1 fully saturated rings. The molecule has 0 spiro atoms. The second-order valence-corrected chi connectivity index (χ2v) is 4.43. The summed E-state index contributed by atoms with van der Waals surface area (Å²) >= 11 is 0. The Kier molecular flexibility index (Phi) is 4.30. The van der Waals surface area contributed by atoms with Gasteiger partial charge in [0.05, 0.1) is 12.3 Å². The molecule has 1 heterocycles. The van der Waals surface area contributed by atoms with E-state index in [1.165, 1.54) is 6.42 Å². The van der Waals surface area contributed by atoms with Gasteiger partial charge in [-0.2, -0.15) is 0 Å². The van der Waals surface area contributed by atoms with Crippen LogP contribution in [0.3, 0.4) is 0 Å². The van der Waals surface area contributed by atoms with E-state index in [1.807, 2.05) is 10.9 Å². The van der Waals surface area contributed by atoms with Crippen LogP contribution in [0.4, 0.5) is 0 Å². The van der Waals surface area contributed by atoms with Crippen molar-refractivity contribution in [2.45, 2.75) is 50.8 Å². The zero-order chi connectivity index (χ0) is 11.2. The van der Waals surface area contributed by atoms with Crippen LogP contribution >= 0.6 is 0 Å². The number of nitrogens with one attached hydrogen (secondary N) is 1. The van der Waals surface area contributed by atoms with Gasteiger partial charge in [0.25, 0.3) is 0 Å². The number of rotatable bonds is 5. The number of nitrogens with zero attached hydrogens (tertiary/aromatic N) is 3. The van der Waals surface area contributed by atoms with Crippen LogP contribution in [0, 0.1) is 0 Å². The second-order valence-electron chi connectivity index (χ2n) is 4.43. The van der Waals surface area contributed by atoms with Crippen LogP contribution in [-0.4, -0.2) is 38.8 Å². The van der Waals surface area contributed by atoms with Crippen molar-refractivity contribution in [3.63, 3.8) is 0 Å². The van der Waals surface area contributed by atoms with E-state index in [9.17, 15) is 5.11 Å². The highest BCUT2D eigenvalue weighted by atomic mass is 16.3. The van der Waals surface area contributed by atoms with Gasteiger partial charge in [0.2, 0.25) is 0 Å². The summed E-state index contributed by atoms with van der Waals surface area (Å²) in [5.74, 6) is 0. The van der Waals surface area contributed by atoms with Gasteiger partial charge in [-0.05, 0) is 25.8 Å². The minimum atomic E-state index is -0.153. The summed E-state index contributed by atoms with van der Waals surface area (Å²) in [5.41, 5.74) is 0. The van der Waals surface area contributed by atoms with E-state index in [4.69, 9.17) is 0 Å². The summed E-state index contributed by atoms with van der Waals surface area (Å²) in [5, 5.41) is 20.8. The lowest BCUT2D eigenvalue weighted by Gasteiger charge is -2.28. The van der Waals surface area contributed by atoms with Crippen molar-refractivity contribution in [1.82, 2.24) is 20.3 Å². The van der Waals surface area contributed by atoms with Gasteiger partial charge in [-0.1, -0.05) is 18.1 Å². The molecule has 2 rings (SSSR count). The maximum absolute atomic E-state index is 9.76. The van der Waals surface area contributed by atoms with Crippen molar-refractivity contribution in [2.75, 3.05) is 6.54 Å². The Bertz CT molecular complexity index is 288. The summed E-state index contributed by atoms with van der Waals surface area (Å²) in [6.45, 7) is 1.82. The SMILES string of the molecule is OC1CCCCC1NCCCn1ccnn1. The molecule has 90 valence electrons. The Labute approximate surface area is 95.8 Å². The molecule has 1 aliphatic carbocycles. The van der Waals surface area contributed by atoms with Gasteiger partial charge in [-0.3, -0.25) is 4.68 Å². The van der Waals surface area contributed by atoms with Crippen molar-refractivity contribution in [1.29, 1.82) is 0 Å². The first-order valence-electron chi connectivity index (χ1n) is 6.12. The highest BCUT2D eigenvalue weighted by Gasteiger charge is 2.21. The number of aryl methyl sites for hydroxylation is 1. The highest BCUT2D eigenvalue weighted by molar-refractivity contribution is 4.80. The lowest BCUT2D eigenvalue weighted by molar-refractivity contribution is 0.0908. The predicted octanol–water partition coefficient (Wildman–Crippen LogP) is 0.561. The molecular formula is C11H20N4O. The molecule has 2 atom stereocenters. The molecule has 0 aliphatic heterocycles. The zero-order valence-electron chi connectivity index (χ0n) is 9.55. The van der Waals surface area contributed by atoms with Gasteiger partial charge in [0, 0.05) is 18.8 Å². The molecule has 0 bridgehead atoms. The van der Waals surface area contributed by atoms with E-state index in [-0.39, 0.29) is 6.10 Å². The molecule has 0 aromatic carbocycles. The molecule has 2 N–H and O–H groups in total. The van der Waals surface area contributed by atoms with Crippen molar-refractivity contribution in [3.05, 3.63) is 12.4 Å². The lowest BCUT2D eigenvalue weighted by Crippen LogP contribution is -2.42. The first-order chi connectivity index (χ1) is 7.86. The monoisotopic (exact) mass is 224 g/mol. The smallest absolute Gasteiger partial charge is 0.0693 e. The summed E-state index contributed by atoms with van der Waals surface area (Å²) in [6.07, 6.45) is 8.88. The van der Waals surface area contributed by atoms with Crippen molar-refractivity contribution in [2.24, 2.45) is 0 Å². The van der Waals surface area contributed by atoms with E-state index in [1.54, 1.807) is 6.20 Å². The second kappa shape index (κ2) is 5.96. The molecular weight excluding hydrogens is 204 g/mol. The Morgan fingerprint density at radius 1 is 1.38 bits per heavy atom. The summed E-state index contributed by atoms with van der Waals surface area (Å²) in [4.78, 5) is 0. The van der Waals surface area contributed by atoms with Crippen LogP contribution in [0.15, 0.2) is 12.4 Å². The molecule has 5 heteroatoms. The van der Waals surface area contributed by atoms with E-state index < -0.39 is 0 Å². The van der Waals surface area contributed by atoms with Crippen LogP contribution in [0.1, 0.15) is 32.1 Å². The standard InChI is InChI=1S/C11H20N4O/c16-11-5-2-1-4-10(11)12-6-3-8-15-9-7-13-14-15/h7,9-12,16H,1-6,8H2. The Morgan fingerprint density at radius 2 is 2.25 bits per heavy atom. The molecule has 1 aromatic rings. The van der Waals surface area contributed by atoms with Crippen LogP contribution < -0.4 is 5.32 Å². The molecule has 1 saturated carbocycles. The van der Waals surface area contributed by atoms with Crippen LogP contribution in [0.5, 0.6) is 0 Å². The Hall–Kier alpha value is -0.940. The average Bonchev–Trinajstić information content (AvgIpc) is 2.79. The number of aliphatic hydroxyl groups excluding tert-OH is 1. The van der Waals surface area contributed by atoms with Gasteiger partial charge in [-0.15, -0.1) is 5.10 Å². The molecule has 0 amide bonds. The maximum Gasteiger partial charge on any atom is 0.0693 e. The Morgan fingerprint density at radius 3 is 3.00 bits per heavy atom. The minimum absolute atomic E-state index is 0.153. The van der Waals surface area contributed by atoms with Gasteiger partial charge in [0.15, 0.2) is 0 Å². The quantitative estimate of drug-likeness (QED) is 0.717.